The highest BCUT2D eigenvalue weighted by molar-refractivity contribution is 5.30. The van der Waals surface area contributed by atoms with Crippen molar-refractivity contribution in [2.24, 2.45) is 0 Å². The van der Waals surface area contributed by atoms with E-state index in [1.54, 1.807) is 6.26 Å². The third-order valence-electron chi connectivity index (χ3n) is 1.75. The molecule has 0 amide bonds. The van der Waals surface area contributed by atoms with E-state index in [9.17, 15) is 0 Å². The van der Waals surface area contributed by atoms with Crippen LogP contribution in [-0.2, 0) is 6.42 Å². The molecule has 1 unspecified atom stereocenters. The minimum Gasteiger partial charge on any atom is -0.469 e. The number of furan rings is 1. The molecule has 1 heteroatoms. The van der Waals surface area contributed by atoms with Gasteiger partial charge in [-0.15, -0.1) is 0 Å². The molecule has 0 aliphatic heterocycles. The Kier molecular flexibility index (Phi) is 0.608. The Morgan fingerprint density at radius 3 is 3.12 bits per heavy atom. The first-order valence-electron chi connectivity index (χ1n) is 2.94. The fraction of sp³-hybridized carbons (Fsp3) is 0.429. The van der Waals surface area contributed by atoms with Gasteiger partial charge in [-0.1, -0.05) is 6.92 Å². The summed E-state index contributed by atoms with van der Waals surface area (Å²) < 4.78 is 5.16. The van der Waals surface area contributed by atoms with E-state index < -0.39 is 0 Å². The molecule has 0 saturated carbocycles. The Balaban J connectivity index is 2.53. The molecule has 1 atom stereocenters. The minimum atomic E-state index is 0.681. The van der Waals surface area contributed by atoms with Gasteiger partial charge < -0.3 is 4.42 Å². The SMILES string of the molecule is CC1Cc2ccoc21. The number of hydrogen-bond donors (Lipinski definition) is 0. The van der Waals surface area contributed by atoms with Gasteiger partial charge in [0.05, 0.1) is 6.26 Å². The van der Waals surface area contributed by atoms with Gasteiger partial charge in [0, 0.05) is 5.92 Å². The molecule has 1 aromatic rings. The average Bonchev–Trinajstić information content (AvgIpc) is 2.09. The Bertz CT molecular complexity index is 200. The molecule has 0 spiro atoms. The van der Waals surface area contributed by atoms with Crippen LogP contribution in [0.4, 0.5) is 0 Å². The monoisotopic (exact) mass is 108 g/mol. The van der Waals surface area contributed by atoms with Crippen molar-refractivity contribution in [1.29, 1.82) is 0 Å². The molecule has 1 aliphatic carbocycles. The Morgan fingerprint density at radius 2 is 2.62 bits per heavy atom. The first kappa shape index (κ1) is 4.19. The molecule has 42 valence electrons. The third kappa shape index (κ3) is 0.324. The molecule has 0 radical (unpaired) electrons. The maximum atomic E-state index is 5.16. The maximum absolute atomic E-state index is 5.16. The first-order chi connectivity index (χ1) is 3.88. The van der Waals surface area contributed by atoms with Crippen LogP contribution in [0.1, 0.15) is 24.2 Å². The second kappa shape index (κ2) is 1.16. The summed E-state index contributed by atoms with van der Waals surface area (Å²) in [6.45, 7) is 2.19. The van der Waals surface area contributed by atoms with Crippen molar-refractivity contribution in [1.82, 2.24) is 0 Å². The quantitative estimate of drug-likeness (QED) is 0.495. The van der Waals surface area contributed by atoms with E-state index >= 15 is 0 Å². The predicted molar refractivity (Wildman–Crippen MR) is 30.8 cm³/mol. The lowest BCUT2D eigenvalue weighted by Crippen LogP contribution is -2.09. The van der Waals surface area contributed by atoms with E-state index in [2.05, 4.69) is 13.0 Å². The Labute approximate surface area is 48.3 Å². The van der Waals surface area contributed by atoms with E-state index in [1.807, 2.05) is 0 Å². The standard InChI is InChI=1S/C7H8O/c1-5-4-6-2-3-8-7(5)6/h2-3,5H,4H2,1H3. The molecule has 0 aromatic carbocycles. The van der Waals surface area contributed by atoms with Crippen LogP contribution in [0.25, 0.3) is 0 Å². The Hall–Kier alpha value is -0.720. The molecule has 1 aromatic heterocycles. The van der Waals surface area contributed by atoms with Crippen LogP contribution in [0.3, 0.4) is 0 Å². The van der Waals surface area contributed by atoms with Crippen LogP contribution in [0, 0.1) is 0 Å². The molecule has 1 heterocycles. The van der Waals surface area contributed by atoms with Gasteiger partial charge in [0.2, 0.25) is 0 Å². The lowest BCUT2D eigenvalue weighted by Gasteiger charge is -2.18. The van der Waals surface area contributed by atoms with E-state index in [0.717, 1.165) is 0 Å². The van der Waals surface area contributed by atoms with E-state index in [4.69, 9.17) is 4.42 Å². The molecule has 0 bridgehead atoms. The van der Waals surface area contributed by atoms with Crippen molar-refractivity contribution < 1.29 is 4.42 Å². The van der Waals surface area contributed by atoms with Crippen molar-refractivity contribution >= 4 is 0 Å². The number of fused-ring (bicyclic) bond motifs is 1. The maximum Gasteiger partial charge on any atom is 0.110 e. The number of hydrogen-bond acceptors (Lipinski definition) is 1. The summed E-state index contributed by atoms with van der Waals surface area (Å²) in [4.78, 5) is 0. The molecule has 8 heavy (non-hydrogen) atoms. The Morgan fingerprint density at radius 1 is 1.75 bits per heavy atom. The summed E-state index contributed by atoms with van der Waals surface area (Å²) in [6.07, 6.45) is 2.99. The largest absolute Gasteiger partial charge is 0.469 e. The fourth-order valence-corrected chi connectivity index (χ4v) is 1.24. The fourth-order valence-electron chi connectivity index (χ4n) is 1.24. The van der Waals surface area contributed by atoms with Crippen LogP contribution < -0.4 is 0 Å². The van der Waals surface area contributed by atoms with Crippen LogP contribution in [0.2, 0.25) is 0 Å². The van der Waals surface area contributed by atoms with Gasteiger partial charge in [-0.2, -0.15) is 0 Å². The zero-order valence-electron chi connectivity index (χ0n) is 4.85. The van der Waals surface area contributed by atoms with E-state index in [-0.39, 0.29) is 0 Å². The highest BCUT2D eigenvalue weighted by Gasteiger charge is 2.24. The smallest absolute Gasteiger partial charge is 0.110 e. The van der Waals surface area contributed by atoms with Crippen molar-refractivity contribution in [2.75, 3.05) is 0 Å². The zero-order valence-corrected chi connectivity index (χ0v) is 4.85. The molecule has 0 N–H and O–H groups in total. The topological polar surface area (TPSA) is 13.1 Å². The summed E-state index contributed by atoms with van der Waals surface area (Å²) in [6, 6.07) is 2.05. The predicted octanol–water partition coefficient (Wildman–Crippen LogP) is 1.94. The second-order valence-corrected chi connectivity index (χ2v) is 2.42. The van der Waals surface area contributed by atoms with Crippen molar-refractivity contribution in [3.8, 4) is 0 Å². The summed E-state index contributed by atoms with van der Waals surface area (Å²) in [5, 5.41) is 0. The van der Waals surface area contributed by atoms with Gasteiger partial charge in [-0.05, 0) is 18.1 Å². The van der Waals surface area contributed by atoms with Crippen LogP contribution in [0.15, 0.2) is 16.7 Å². The van der Waals surface area contributed by atoms with Gasteiger partial charge in [-0.25, -0.2) is 0 Å². The summed E-state index contributed by atoms with van der Waals surface area (Å²) >= 11 is 0. The van der Waals surface area contributed by atoms with Crippen molar-refractivity contribution in [3.63, 3.8) is 0 Å². The van der Waals surface area contributed by atoms with Crippen molar-refractivity contribution in [2.45, 2.75) is 19.3 Å². The van der Waals surface area contributed by atoms with E-state index in [1.165, 1.54) is 17.7 Å². The van der Waals surface area contributed by atoms with Gasteiger partial charge >= 0.3 is 0 Å². The molecule has 2 rings (SSSR count). The van der Waals surface area contributed by atoms with Gasteiger partial charge in [0.1, 0.15) is 5.76 Å². The highest BCUT2D eigenvalue weighted by Crippen LogP contribution is 2.34. The lowest BCUT2D eigenvalue weighted by molar-refractivity contribution is 0.434. The summed E-state index contributed by atoms with van der Waals surface area (Å²) in [5.41, 5.74) is 1.40. The molecular formula is C7H8O. The normalized spacial score (nSPS) is 24.4. The first-order valence-corrected chi connectivity index (χ1v) is 2.94. The second-order valence-electron chi connectivity index (χ2n) is 2.42. The van der Waals surface area contributed by atoms with Crippen LogP contribution in [-0.4, -0.2) is 0 Å². The molecule has 1 nitrogen and oxygen atoms in total. The van der Waals surface area contributed by atoms with Gasteiger partial charge in [-0.3, -0.25) is 0 Å². The highest BCUT2D eigenvalue weighted by atomic mass is 16.3. The molecule has 0 saturated heterocycles. The summed E-state index contributed by atoms with van der Waals surface area (Å²) in [5.74, 6) is 1.88. The average molecular weight is 108 g/mol. The van der Waals surface area contributed by atoms with Gasteiger partial charge in [0.25, 0.3) is 0 Å². The molecular weight excluding hydrogens is 100 g/mol. The lowest BCUT2D eigenvalue weighted by atomic mass is 9.86. The summed E-state index contributed by atoms with van der Waals surface area (Å²) in [7, 11) is 0. The number of rotatable bonds is 0. The van der Waals surface area contributed by atoms with Crippen molar-refractivity contribution in [3.05, 3.63) is 23.7 Å². The third-order valence-corrected chi connectivity index (χ3v) is 1.75. The molecule has 0 fully saturated rings. The van der Waals surface area contributed by atoms with Crippen LogP contribution in [0.5, 0.6) is 0 Å². The van der Waals surface area contributed by atoms with Gasteiger partial charge in [0.15, 0.2) is 0 Å². The minimum absolute atomic E-state index is 0.681. The van der Waals surface area contributed by atoms with E-state index in [0.29, 0.717) is 5.92 Å². The zero-order chi connectivity index (χ0) is 5.56. The molecule has 1 aliphatic rings. The van der Waals surface area contributed by atoms with Crippen LogP contribution >= 0.6 is 0 Å².